The smallest absolute Gasteiger partial charge is 0.255 e. The number of morpholine rings is 1. The van der Waals surface area contributed by atoms with Gasteiger partial charge >= 0.3 is 0 Å². The van der Waals surface area contributed by atoms with Crippen LogP contribution in [-0.2, 0) is 4.74 Å². The lowest BCUT2D eigenvalue weighted by molar-refractivity contribution is 0.102. The molecule has 2 aromatic carbocycles. The second kappa shape index (κ2) is 8.58. The van der Waals surface area contributed by atoms with E-state index in [1.807, 2.05) is 31.2 Å². The van der Waals surface area contributed by atoms with E-state index in [-0.39, 0.29) is 5.91 Å². The predicted molar refractivity (Wildman–Crippen MR) is 102 cm³/mol. The first-order valence-corrected chi connectivity index (χ1v) is 8.77. The Balaban J connectivity index is 1.80. The normalized spacial score (nSPS) is 14.0. The topological polar surface area (TPSA) is 60.0 Å². The third-order valence-corrected chi connectivity index (χ3v) is 4.23. The number of para-hydroxylation sites is 2. The van der Waals surface area contributed by atoms with E-state index in [4.69, 9.17) is 14.2 Å². The monoisotopic (exact) mass is 356 g/mol. The van der Waals surface area contributed by atoms with Crippen molar-refractivity contribution in [2.24, 2.45) is 0 Å². The lowest BCUT2D eigenvalue weighted by Gasteiger charge is -2.30. The van der Waals surface area contributed by atoms with Crippen LogP contribution in [0.2, 0.25) is 0 Å². The Morgan fingerprint density at radius 1 is 1.15 bits per heavy atom. The molecule has 0 bridgehead atoms. The van der Waals surface area contributed by atoms with Crippen molar-refractivity contribution in [2.45, 2.75) is 6.92 Å². The molecule has 6 nitrogen and oxygen atoms in total. The first-order valence-electron chi connectivity index (χ1n) is 8.77. The van der Waals surface area contributed by atoms with Crippen LogP contribution in [0, 0.1) is 0 Å². The SMILES string of the molecule is CCOc1ccc(C(=O)Nc2ccccc2N2CCOCC2)cc1OC. The van der Waals surface area contributed by atoms with E-state index >= 15 is 0 Å². The van der Waals surface area contributed by atoms with Crippen molar-refractivity contribution >= 4 is 17.3 Å². The van der Waals surface area contributed by atoms with Crippen LogP contribution in [0.25, 0.3) is 0 Å². The number of carbonyl (C=O) groups is 1. The molecule has 0 spiro atoms. The zero-order chi connectivity index (χ0) is 18.4. The number of nitrogens with one attached hydrogen (secondary N) is 1. The van der Waals surface area contributed by atoms with Gasteiger partial charge in [0, 0.05) is 18.7 Å². The summed E-state index contributed by atoms with van der Waals surface area (Å²) in [6.07, 6.45) is 0. The van der Waals surface area contributed by atoms with Crippen LogP contribution in [0.1, 0.15) is 17.3 Å². The summed E-state index contributed by atoms with van der Waals surface area (Å²) in [5.74, 6) is 0.980. The molecule has 138 valence electrons. The van der Waals surface area contributed by atoms with Gasteiger partial charge in [0.05, 0.1) is 38.3 Å². The molecule has 1 N–H and O–H groups in total. The van der Waals surface area contributed by atoms with E-state index in [1.54, 1.807) is 25.3 Å². The number of ether oxygens (including phenoxy) is 3. The van der Waals surface area contributed by atoms with Gasteiger partial charge in [0.2, 0.25) is 0 Å². The zero-order valence-electron chi connectivity index (χ0n) is 15.2. The minimum atomic E-state index is -0.188. The molecule has 26 heavy (non-hydrogen) atoms. The Bertz CT molecular complexity index is 757. The lowest BCUT2D eigenvalue weighted by atomic mass is 10.1. The number of nitrogens with zero attached hydrogens (tertiary/aromatic N) is 1. The van der Waals surface area contributed by atoms with Gasteiger partial charge in [-0.25, -0.2) is 0 Å². The predicted octanol–water partition coefficient (Wildman–Crippen LogP) is 3.18. The van der Waals surface area contributed by atoms with Crippen LogP contribution in [0.15, 0.2) is 42.5 Å². The fourth-order valence-corrected chi connectivity index (χ4v) is 2.94. The molecule has 0 atom stereocenters. The van der Waals surface area contributed by atoms with Crippen LogP contribution >= 0.6 is 0 Å². The highest BCUT2D eigenvalue weighted by Crippen LogP contribution is 2.30. The molecule has 1 saturated heterocycles. The summed E-state index contributed by atoms with van der Waals surface area (Å²) < 4.78 is 16.2. The maximum Gasteiger partial charge on any atom is 0.255 e. The molecule has 3 rings (SSSR count). The summed E-state index contributed by atoms with van der Waals surface area (Å²) >= 11 is 0. The molecule has 2 aromatic rings. The van der Waals surface area contributed by atoms with Gasteiger partial charge in [-0.15, -0.1) is 0 Å². The first kappa shape index (κ1) is 18.1. The van der Waals surface area contributed by atoms with Gasteiger partial charge in [0.15, 0.2) is 11.5 Å². The van der Waals surface area contributed by atoms with Crippen molar-refractivity contribution in [3.8, 4) is 11.5 Å². The molecule has 1 aliphatic rings. The minimum Gasteiger partial charge on any atom is -0.493 e. The highest BCUT2D eigenvalue weighted by atomic mass is 16.5. The molecule has 1 heterocycles. The largest absolute Gasteiger partial charge is 0.493 e. The Morgan fingerprint density at radius 2 is 1.92 bits per heavy atom. The zero-order valence-corrected chi connectivity index (χ0v) is 15.2. The molecular weight excluding hydrogens is 332 g/mol. The average molecular weight is 356 g/mol. The summed E-state index contributed by atoms with van der Waals surface area (Å²) in [5, 5.41) is 3.01. The maximum atomic E-state index is 12.7. The standard InChI is InChI=1S/C20H24N2O4/c1-3-26-18-9-8-15(14-19(18)24-2)20(23)21-16-6-4-5-7-17(16)22-10-12-25-13-11-22/h4-9,14H,3,10-13H2,1-2H3,(H,21,23). The Labute approximate surface area is 153 Å². The number of rotatable bonds is 6. The molecule has 0 saturated carbocycles. The number of methoxy groups -OCH3 is 1. The highest BCUT2D eigenvalue weighted by molar-refractivity contribution is 6.06. The number of amides is 1. The van der Waals surface area contributed by atoms with Crippen LogP contribution in [0.3, 0.4) is 0 Å². The number of hydrogen-bond acceptors (Lipinski definition) is 5. The Hall–Kier alpha value is -2.73. The van der Waals surface area contributed by atoms with Crippen molar-refractivity contribution in [2.75, 3.05) is 50.2 Å². The molecule has 1 amide bonds. The van der Waals surface area contributed by atoms with Gasteiger partial charge in [-0.2, -0.15) is 0 Å². The lowest BCUT2D eigenvalue weighted by Crippen LogP contribution is -2.36. The molecule has 0 radical (unpaired) electrons. The quantitative estimate of drug-likeness (QED) is 0.861. The van der Waals surface area contributed by atoms with Gasteiger partial charge < -0.3 is 24.4 Å². The van der Waals surface area contributed by atoms with Crippen molar-refractivity contribution in [3.63, 3.8) is 0 Å². The number of hydrogen-bond donors (Lipinski definition) is 1. The highest BCUT2D eigenvalue weighted by Gasteiger charge is 2.17. The van der Waals surface area contributed by atoms with Crippen molar-refractivity contribution in [1.82, 2.24) is 0 Å². The molecule has 0 unspecified atom stereocenters. The molecule has 1 aliphatic heterocycles. The van der Waals surface area contributed by atoms with Gasteiger partial charge in [0.1, 0.15) is 0 Å². The van der Waals surface area contributed by atoms with Gasteiger partial charge in [-0.1, -0.05) is 12.1 Å². The average Bonchev–Trinajstić information content (AvgIpc) is 2.69. The first-order chi connectivity index (χ1) is 12.7. The summed E-state index contributed by atoms with van der Waals surface area (Å²) in [6.45, 7) is 5.45. The fourth-order valence-electron chi connectivity index (χ4n) is 2.94. The van der Waals surface area contributed by atoms with E-state index < -0.39 is 0 Å². The van der Waals surface area contributed by atoms with Crippen LogP contribution < -0.4 is 19.7 Å². The van der Waals surface area contributed by atoms with Crippen LogP contribution in [-0.4, -0.2) is 45.9 Å². The molecule has 0 aromatic heterocycles. The van der Waals surface area contributed by atoms with E-state index in [0.717, 1.165) is 24.5 Å². The number of benzene rings is 2. The van der Waals surface area contributed by atoms with Crippen LogP contribution in [0.4, 0.5) is 11.4 Å². The minimum absolute atomic E-state index is 0.188. The Kier molecular flexibility index (Phi) is 5.96. The molecule has 1 fully saturated rings. The molecular formula is C20H24N2O4. The van der Waals surface area contributed by atoms with Gasteiger partial charge in [0.25, 0.3) is 5.91 Å². The third kappa shape index (κ3) is 4.08. The maximum absolute atomic E-state index is 12.7. The number of carbonyl (C=O) groups excluding carboxylic acids is 1. The van der Waals surface area contributed by atoms with E-state index in [2.05, 4.69) is 10.2 Å². The van der Waals surface area contributed by atoms with Crippen molar-refractivity contribution < 1.29 is 19.0 Å². The number of anilines is 2. The second-order valence-corrected chi connectivity index (χ2v) is 5.87. The van der Waals surface area contributed by atoms with E-state index in [9.17, 15) is 4.79 Å². The summed E-state index contributed by atoms with van der Waals surface area (Å²) in [4.78, 5) is 15.0. The van der Waals surface area contributed by atoms with Crippen LogP contribution in [0.5, 0.6) is 11.5 Å². The molecule has 0 aliphatic carbocycles. The fraction of sp³-hybridized carbons (Fsp3) is 0.350. The molecule has 6 heteroatoms. The summed E-state index contributed by atoms with van der Waals surface area (Å²) in [5.41, 5.74) is 2.30. The van der Waals surface area contributed by atoms with Crippen molar-refractivity contribution in [1.29, 1.82) is 0 Å². The van der Waals surface area contributed by atoms with Gasteiger partial charge in [-0.05, 0) is 37.3 Å². The van der Waals surface area contributed by atoms with E-state index in [1.165, 1.54) is 0 Å². The summed E-state index contributed by atoms with van der Waals surface area (Å²) in [7, 11) is 1.56. The van der Waals surface area contributed by atoms with Crippen molar-refractivity contribution in [3.05, 3.63) is 48.0 Å². The van der Waals surface area contributed by atoms with E-state index in [0.29, 0.717) is 36.9 Å². The Morgan fingerprint density at radius 3 is 2.65 bits per heavy atom. The second-order valence-electron chi connectivity index (χ2n) is 5.87. The summed E-state index contributed by atoms with van der Waals surface area (Å²) in [6, 6.07) is 13.0. The van der Waals surface area contributed by atoms with Gasteiger partial charge in [-0.3, -0.25) is 4.79 Å². The third-order valence-electron chi connectivity index (χ3n) is 4.23.